The van der Waals surface area contributed by atoms with E-state index in [1.54, 1.807) is 57.7 Å². The minimum atomic E-state index is -1.55. The van der Waals surface area contributed by atoms with Gasteiger partial charge in [-0.25, -0.2) is 9.69 Å². The fraction of sp³-hybridized carbons (Fsp3) is 0.323. The fourth-order valence-corrected chi connectivity index (χ4v) is 5.69. The molecule has 1 fully saturated rings. The number of urea groups is 1. The number of amides is 4. The van der Waals surface area contributed by atoms with Crippen molar-refractivity contribution in [3.63, 3.8) is 0 Å². The average molecular weight is 544 g/mol. The van der Waals surface area contributed by atoms with Gasteiger partial charge >= 0.3 is 6.03 Å². The molecule has 2 aliphatic rings. The monoisotopic (exact) mass is 543 g/mol. The summed E-state index contributed by atoms with van der Waals surface area (Å²) in [6.45, 7) is 2.79. The number of fused-ring (bicyclic) bond motifs is 1. The van der Waals surface area contributed by atoms with Crippen molar-refractivity contribution in [3.05, 3.63) is 83.4 Å². The zero-order chi connectivity index (χ0) is 28.4. The van der Waals surface area contributed by atoms with Crippen LogP contribution in [-0.4, -0.2) is 57.2 Å². The lowest BCUT2D eigenvalue weighted by Crippen LogP contribution is -2.68. The van der Waals surface area contributed by atoms with Gasteiger partial charge in [0.25, 0.3) is 5.91 Å². The number of rotatable bonds is 8. The molecule has 4 amide bonds. The summed E-state index contributed by atoms with van der Waals surface area (Å²) in [5.41, 5.74) is 1.81. The highest BCUT2D eigenvalue weighted by molar-refractivity contribution is 6.30. The number of hydrogen-bond donors (Lipinski definition) is 1. The van der Waals surface area contributed by atoms with Crippen LogP contribution >= 0.6 is 0 Å². The molecule has 208 valence electrons. The molecule has 2 heterocycles. The van der Waals surface area contributed by atoms with Crippen molar-refractivity contribution in [2.24, 2.45) is 5.41 Å². The molecule has 1 saturated heterocycles. The number of anilines is 1. The normalized spacial score (nSPS) is 21.1. The van der Waals surface area contributed by atoms with Crippen molar-refractivity contribution in [1.82, 2.24) is 10.2 Å². The van der Waals surface area contributed by atoms with Crippen LogP contribution in [0.5, 0.6) is 17.2 Å². The minimum absolute atomic E-state index is 0.111. The highest BCUT2D eigenvalue weighted by Crippen LogP contribution is 2.41. The maximum absolute atomic E-state index is 14.4. The molecule has 0 radical (unpaired) electrons. The van der Waals surface area contributed by atoms with Crippen LogP contribution in [0.25, 0.3) is 0 Å². The molecular formula is C31H33N3O6. The van der Waals surface area contributed by atoms with Crippen LogP contribution in [0.15, 0.2) is 66.7 Å². The molecule has 9 nitrogen and oxygen atoms in total. The molecule has 0 spiro atoms. The first kappa shape index (κ1) is 27.2. The number of ether oxygens (including phenoxy) is 3. The highest BCUT2D eigenvalue weighted by Gasteiger charge is 2.55. The highest BCUT2D eigenvalue weighted by atomic mass is 16.5. The maximum Gasteiger partial charge on any atom is 0.335 e. The van der Waals surface area contributed by atoms with Gasteiger partial charge in [0, 0.05) is 19.1 Å². The van der Waals surface area contributed by atoms with Gasteiger partial charge in [-0.05, 0) is 72.9 Å². The van der Waals surface area contributed by atoms with Gasteiger partial charge in [-0.15, -0.1) is 0 Å². The van der Waals surface area contributed by atoms with E-state index in [1.165, 1.54) is 0 Å². The standard InChI is InChI=1S/C31H33N3O6/c1-20-25-17-27(40-4)26(39-3)16-22(25)14-15-33(20)19-31(18-21-10-12-24(38-2)13-11-21)28(35)32-30(37)34(29(31)36)23-8-6-5-7-9-23/h5-13,16-17,20H,14-15,18-19H2,1-4H3,(H,32,35,37)/t20-,31+/m0/s1. The predicted octanol–water partition coefficient (Wildman–Crippen LogP) is 4.14. The Kier molecular flexibility index (Phi) is 7.49. The van der Waals surface area contributed by atoms with E-state index in [0.29, 0.717) is 35.9 Å². The van der Waals surface area contributed by atoms with Gasteiger partial charge in [0.05, 0.1) is 27.0 Å². The fourth-order valence-electron chi connectivity index (χ4n) is 5.69. The average Bonchev–Trinajstić information content (AvgIpc) is 2.97. The Bertz CT molecular complexity index is 1420. The van der Waals surface area contributed by atoms with E-state index >= 15 is 0 Å². The number of benzene rings is 3. The minimum Gasteiger partial charge on any atom is -0.497 e. The van der Waals surface area contributed by atoms with Gasteiger partial charge in [0.2, 0.25) is 5.91 Å². The Labute approximate surface area is 233 Å². The maximum atomic E-state index is 14.4. The first-order valence-corrected chi connectivity index (χ1v) is 13.2. The number of hydrogen-bond acceptors (Lipinski definition) is 7. The summed E-state index contributed by atoms with van der Waals surface area (Å²) in [5.74, 6) is 0.806. The number of carbonyl (C=O) groups is 3. The van der Waals surface area contributed by atoms with Gasteiger partial charge in [0.15, 0.2) is 11.5 Å². The lowest BCUT2D eigenvalue weighted by atomic mass is 9.76. The lowest BCUT2D eigenvalue weighted by molar-refractivity contribution is -0.144. The van der Waals surface area contributed by atoms with Gasteiger partial charge in [-0.2, -0.15) is 0 Å². The molecule has 5 rings (SSSR count). The van der Waals surface area contributed by atoms with Crippen LogP contribution in [0.4, 0.5) is 10.5 Å². The molecule has 0 bridgehead atoms. The Morgan fingerprint density at radius 1 is 0.900 bits per heavy atom. The third-order valence-electron chi connectivity index (χ3n) is 7.93. The summed E-state index contributed by atoms with van der Waals surface area (Å²) in [7, 11) is 4.79. The predicted molar refractivity (Wildman–Crippen MR) is 150 cm³/mol. The topological polar surface area (TPSA) is 97.4 Å². The van der Waals surface area contributed by atoms with Crippen LogP contribution in [0.3, 0.4) is 0 Å². The van der Waals surface area contributed by atoms with E-state index in [9.17, 15) is 14.4 Å². The van der Waals surface area contributed by atoms with Crippen molar-refractivity contribution < 1.29 is 28.6 Å². The van der Waals surface area contributed by atoms with Gasteiger partial charge in [-0.3, -0.25) is 19.8 Å². The molecule has 3 aromatic carbocycles. The summed E-state index contributed by atoms with van der Waals surface area (Å²) in [4.78, 5) is 44.4. The zero-order valence-corrected chi connectivity index (χ0v) is 23.1. The van der Waals surface area contributed by atoms with Crippen molar-refractivity contribution in [2.75, 3.05) is 39.3 Å². The van der Waals surface area contributed by atoms with Crippen molar-refractivity contribution in [3.8, 4) is 17.2 Å². The Hall–Kier alpha value is -4.37. The van der Waals surface area contributed by atoms with Crippen molar-refractivity contribution >= 4 is 23.5 Å². The second kappa shape index (κ2) is 11.0. The Balaban J connectivity index is 1.56. The summed E-state index contributed by atoms with van der Waals surface area (Å²) < 4.78 is 16.3. The van der Waals surface area contributed by atoms with Crippen LogP contribution in [0.1, 0.15) is 29.7 Å². The van der Waals surface area contributed by atoms with E-state index in [4.69, 9.17) is 14.2 Å². The van der Waals surface area contributed by atoms with E-state index in [1.807, 2.05) is 30.3 Å². The number of methoxy groups -OCH3 is 3. The van der Waals surface area contributed by atoms with E-state index in [2.05, 4.69) is 17.1 Å². The number of nitrogens with zero attached hydrogens (tertiary/aromatic N) is 2. The van der Waals surface area contributed by atoms with Crippen LogP contribution in [0, 0.1) is 5.41 Å². The summed E-state index contributed by atoms with van der Waals surface area (Å²) in [5, 5.41) is 2.49. The molecule has 0 aliphatic carbocycles. The van der Waals surface area contributed by atoms with Crippen LogP contribution in [0.2, 0.25) is 0 Å². The summed E-state index contributed by atoms with van der Waals surface area (Å²) >= 11 is 0. The number of barbiturate groups is 1. The first-order chi connectivity index (χ1) is 19.3. The van der Waals surface area contributed by atoms with Crippen molar-refractivity contribution in [2.45, 2.75) is 25.8 Å². The largest absolute Gasteiger partial charge is 0.497 e. The molecule has 0 unspecified atom stereocenters. The molecular weight excluding hydrogens is 510 g/mol. The molecule has 2 aliphatic heterocycles. The van der Waals surface area contributed by atoms with Gasteiger partial charge < -0.3 is 14.2 Å². The molecule has 0 aromatic heterocycles. The smallest absolute Gasteiger partial charge is 0.335 e. The summed E-state index contributed by atoms with van der Waals surface area (Å²) in [6, 6.07) is 19.0. The number of para-hydroxylation sites is 1. The number of carbonyl (C=O) groups excluding carboxylic acids is 3. The van der Waals surface area contributed by atoms with Crippen LogP contribution < -0.4 is 24.4 Å². The van der Waals surface area contributed by atoms with Gasteiger partial charge in [-0.1, -0.05) is 30.3 Å². The molecule has 40 heavy (non-hydrogen) atoms. The Morgan fingerprint density at radius 3 is 2.23 bits per heavy atom. The van der Waals surface area contributed by atoms with E-state index in [0.717, 1.165) is 21.6 Å². The SMILES string of the molecule is COc1ccc(C[C@@]2(CN3CCc4cc(OC)c(OC)cc4[C@@H]3C)C(=O)NC(=O)N(c3ccccc3)C2=O)cc1. The second-order valence-corrected chi connectivity index (χ2v) is 10.1. The van der Waals surface area contributed by atoms with Gasteiger partial charge in [0.1, 0.15) is 11.2 Å². The van der Waals surface area contributed by atoms with Crippen molar-refractivity contribution in [1.29, 1.82) is 0 Å². The lowest BCUT2D eigenvalue weighted by Gasteiger charge is -2.45. The van der Waals surface area contributed by atoms with E-state index < -0.39 is 23.3 Å². The number of imide groups is 2. The third kappa shape index (κ3) is 4.77. The molecule has 1 N–H and O–H groups in total. The number of nitrogens with one attached hydrogen (secondary N) is 1. The molecule has 0 saturated carbocycles. The zero-order valence-electron chi connectivity index (χ0n) is 23.1. The quantitative estimate of drug-likeness (QED) is 0.427. The van der Waals surface area contributed by atoms with Crippen LogP contribution in [-0.2, 0) is 22.4 Å². The third-order valence-corrected chi connectivity index (χ3v) is 7.93. The molecule has 3 aromatic rings. The summed E-state index contributed by atoms with van der Waals surface area (Å²) in [6.07, 6.45) is 0.816. The second-order valence-electron chi connectivity index (χ2n) is 10.1. The van der Waals surface area contributed by atoms with E-state index in [-0.39, 0.29) is 19.0 Å². The molecule has 2 atom stereocenters. The molecule has 9 heteroatoms. The Morgan fingerprint density at radius 2 is 1.57 bits per heavy atom. The first-order valence-electron chi connectivity index (χ1n) is 13.2.